The van der Waals surface area contributed by atoms with Crippen molar-refractivity contribution in [1.82, 2.24) is 9.91 Å². The Morgan fingerprint density at radius 3 is 2.69 bits per heavy atom. The van der Waals surface area contributed by atoms with E-state index in [0.717, 1.165) is 16.5 Å². The summed E-state index contributed by atoms with van der Waals surface area (Å²) in [4.78, 5) is 13.6. The fourth-order valence-electron chi connectivity index (χ4n) is 4.63. The topological polar surface area (TPSA) is 56.2 Å². The highest BCUT2D eigenvalue weighted by molar-refractivity contribution is 7.99. The van der Waals surface area contributed by atoms with Gasteiger partial charge in [0.15, 0.2) is 0 Å². The number of hydrazine groups is 1. The van der Waals surface area contributed by atoms with Crippen LogP contribution in [0, 0.1) is 5.82 Å². The zero-order valence-electron chi connectivity index (χ0n) is 19.2. The first kappa shape index (κ1) is 23.9. The molecule has 5 rings (SSSR count). The second-order valence-electron chi connectivity index (χ2n) is 8.43. The van der Waals surface area contributed by atoms with E-state index in [2.05, 4.69) is 10.0 Å². The number of carbonyl (C=O) groups excluding carboxylic acids is 1. The van der Waals surface area contributed by atoms with E-state index in [0.29, 0.717) is 70.7 Å². The van der Waals surface area contributed by atoms with Gasteiger partial charge in [-0.3, -0.25) is 9.80 Å². The van der Waals surface area contributed by atoms with Gasteiger partial charge in [-0.2, -0.15) is 0 Å². The van der Waals surface area contributed by atoms with Crippen molar-refractivity contribution in [1.29, 1.82) is 0 Å². The number of nitrogens with zero attached hydrogens (tertiary/aromatic N) is 3. The molecule has 0 atom stereocenters. The molecule has 3 aromatic carbocycles. The third-order valence-corrected chi connectivity index (χ3v) is 7.77. The van der Waals surface area contributed by atoms with Gasteiger partial charge >= 0.3 is 0 Å². The number of thioether (sulfide) groups is 1. The van der Waals surface area contributed by atoms with Crippen LogP contribution in [0.2, 0.25) is 5.02 Å². The Balaban J connectivity index is 1.47. The number of piperazine rings is 1. The average Bonchev–Trinajstić information content (AvgIpc) is 3.31. The second kappa shape index (κ2) is 10.1. The van der Waals surface area contributed by atoms with E-state index in [4.69, 9.17) is 16.3 Å². The first-order chi connectivity index (χ1) is 17.0. The second-order valence-corrected chi connectivity index (χ2v) is 9.80. The molecular weight excluding hydrogens is 489 g/mol. The van der Waals surface area contributed by atoms with E-state index >= 15 is 4.39 Å². The van der Waals surface area contributed by atoms with Crippen LogP contribution in [0.3, 0.4) is 0 Å². The number of fused-ring (bicyclic) bond motifs is 2. The van der Waals surface area contributed by atoms with E-state index < -0.39 is 0 Å². The van der Waals surface area contributed by atoms with Crippen LogP contribution in [-0.2, 0) is 4.79 Å². The van der Waals surface area contributed by atoms with E-state index in [1.165, 1.54) is 11.8 Å². The number of anilines is 1. The molecule has 35 heavy (non-hydrogen) atoms. The molecule has 2 heterocycles. The van der Waals surface area contributed by atoms with Crippen LogP contribution in [0.25, 0.3) is 21.9 Å². The van der Waals surface area contributed by atoms with Crippen LogP contribution < -0.4 is 9.75 Å². The summed E-state index contributed by atoms with van der Waals surface area (Å²) in [6.07, 6.45) is 2.38. The number of aliphatic hydroxyl groups excluding tert-OH is 1. The zero-order chi connectivity index (χ0) is 24.5. The molecule has 0 unspecified atom stereocenters. The highest BCUT2D eigenvalue weighted by Crippen LogP contribution is 2.48. The van der Waals surface area contributed by atoms with Gasteiger partial charge in [0.2, 0.25) is 0 Å². The van der Waals surface area contributed by atoms with E-state index in [1.54, 1.807) is 13.3 Å². The highest BCUT2D eigenvalue weighted by atomic mass is 35.5. The van der Waals surface area contributed by atoms with Crippen molar-refractivity contribution in [3.63, 3.8) is 0 Å². The molecule has 9 heteroatoms. The molecule has 1 N–H and O–H groups in total. The first-order valence-corrected chi connectivity index (χ1v) is 12.7. The lowest BCUT2D eigenvalue weighted by Gasteiger charge is -2.40. The van der Waals surface area contributed by atoms with Gasteiger partial charge in [-0.25, -0.2) is 9.40 Å². The average molecular weight is 514 g/mol. The maximum atomic E-state index is 16.0. The summed E-state index contributed by atoms with van der Waals surface area (Å²) in [5.41, 5.74) is 2.21. The molecule has 2 aliphatic heterocycles. The van der Waals surface area contributed by atoms with Crippen LogP contribution in [0.1, 0.15) is 0 Å². The number of methoxy groups -OCH3 is 1. The van der Waals surface area contributed by atoms with Crippen LogP contribution in [0.5, 0.6) is 5.75 Å². The van der Waals surface area contributed by atoms with E-state index in [9.17, 15) is 9.90 Å². The minimum atomic E-state index is -0.321. The Labute approximate surface area is 212 Å². The fraction of sp³-hybridized carbons (Fsp3) is 0.269. The summed E-state index contributed by atoms with van der Waals surface area (Å²) in [6, 6.07) is 13.4. The summed E-state index contributed by atoms with van der Waals surface area (Å²) in [7, 11) is 1.60. The maximum absolute atomic E-state index is 16.0. The van der Waals surface area contributed by atoms with E-state index in [-0.39, 0.29) is 12.4 Å². The van der Waals surface area contributed by atoms with Crippen LogP contribution in [0.15, 0.2) is 59.1 Å². The summed E-state index contributed by atoms with van der Waals surface area (Å²) < 4.78 is 21.5. The van der Waals surface area contributed by atoms with Crippen molar-refractivity contribution in [2.45, 2.75) is 4.90 Å². The number of hydrogen-bond acceptors (Lipinski definition) is 7. The molecule has 2 aliphatic rings. The van der Waals surface area contributed by atoms with Crippen molar-refractivity contribution in [2.24, 2.45) is 0 Å². The van der Waals surface area contributed by atoms with Gasteiger partial charge in [0.05, 0.1) is 35.2 Å². The number of hydrogen-bond donors (Lipinski definition) is 1. The SMILES string of the molecule is COc1cc(-c2c(Cl)cc3c(c2F)SCN3N2CCN(C=C(C=O)CO)CC2)c2ccccc2c1. The Morgan fingerprint density at radius 1 is 1.20 bits per heavy atom. The predicted molar refractivity (Wildman–Crippen MR) is 138 cm³/mol. The summed E-state index contributed by atoms with van der Waals surface area (Å²) in [5.74, 6) is 0.921. The van der Waals surface area contributed by atoms with Gasteiger partial charge < -0.3 is 14.7 Å². The molecule has 0 bridgehead atoms. The molecule has 0 spiro atoms. The monoisotopic (exact) mass is 513 g/mol. The quantitative estimate of drug-likeness (QED) is 0.376. The first-order valence-electron chi connectivity index (χ1n) is 11.3. The lowest BCUT2D eigenvalue weighted by atomic mass is 9.97. The van der Waals surface area contributed by atoms with Gasteiger partial charge in [0, 0.05) is 43.5 Å². The Hall–Kier alpha value is -2.78. The number of benzene rings is 3. The smallest absolute Gasteiger partial charge is 0.149 e. The molecule has 6 nitrogen and oxygen atoms in total. The molecule has 3 aromatic rings. The van der Waals surface area contributed by atoms with Gasteiger partial charge in [-0.15, -0.1) is 0 Å². The lowest BCUT2D eigenvalue weighted by molar-refractivity contribution is -0.105. The largest absolute Gasteiger partial charge is 0.497 e. The number of aliphatic hydroxyl groups is 1. The highest BCUT2D eigenvalue weighted by Gasteiger charge is 2.32. The lowest BCUT2D eigenvalue weighted by Crippen LogP contribution is -2.52. The zero-order valence-corrected chi connectivity index (χ0v) is 20.8. The number of rotatable bonds is 6. The van der Waals surface area contributed by atoms with Crippen LogP contribution in [-0.4, -0.2) is 67.1 Å². The van der Waals surface area contributed by atoms with Gasteiger partial charge in [0.25, 0.3) is 0 Å². The summed E-state index contributed by atoms with van der Waals surface area (Å²) >= 11 is 8.21. The number of ether oxygens (including phenoxy) is 1. The minimum Gasteiger partial charge on any atom is -0.497 e. The van der Waals surface area contributed by atoms with Crippen LogP contribution >= 0.6 is 23.4 Å². The molecule has 0 amide bonds. The Morgan fingerprint density at radius 2 is 1.97 bits per heavy atom. The van der Waals surface area contributed by atoms with Crippen molar-refractivity contribution >= 4 is 46.1 Å². The Bertz CT molecular complexity index is 1310. The summed E-state index contributed by atoms with van der Waals surface area (Å²) in [5, 5.41) is 15.7. The predicted octanol–water partition coefficient (Wildman–Crippen LogP) is 4.79. The fourth-order valence-corrected chi connectivity index (χ4v) is 6.01. The molecule has 1 fully saturated rings. The number of aldehydes is 1. The van der Waals surface area contributed by atoms with Gasteiger partial charge in [-0.1, -0.05) is 47.6 Å². The summed E-state index contributed by atoms with van der Waals surface area (Å²) in [6.45, 7) is 2.52. The molecule has 1 saturated heterocycles. The molecular formula is C26H25ClFN3O3S. The van der Waals surface area contributed by atoms with Crippen LogP contribution in [0.4, 0.5) is 10.1 Å². The van der Waals surface area contributed by atoms with E-state index in [1.807, 2.05) is 47.4 Å². The molecule has 0 aliphatic carbocycles. The van der Waals surface area contributed by atoms with Crippen molar-refractivity contribution in [2.75, 3.05) is 50.8 Å². The molecule has 0 aromatic heterocycles. The Kier molecular flexibility index (Phi) is 6.88. The van der Waals surface area contributed by atoms with Crippen molar-refractivity contribution < 1.29 is 19.0 Å². The van der Waals surface area contributed by atoms with Gasteiger partial charge in [0.1, 0.15) is 17.9 Å². The van der Waals surface area contributed by atoms with Gasteiger partial charge in [-0.05, 0) is 34.5 Å². The third kappa shape index (κ3) is 4.47. The molecule has 0 radical (unpaired) electrons. The third-order valence-electron chi connectivity index (χ3n) is 6.42. The number of halogens is 2. The number of carbonyl (C=O) groups is 1. The standard InChI is InChI=1S/C26H25ClFN3O3S/c1-34-19-10-18-4-2-3-5-20(18)21(11-19)24-22(27)12-23-26(25(24)28)35-16-31(23)30-8-6-29(7-9-30)13-17(14-32)15-33/h2-5,10-14,33H,6-9,15-16H2,1H3. The van der Waals surface area contributed by atoms with Crippen molar-refractivity contribution in [3.8, 4) is 16.9 Å². The maximum Gasteiger partial charge on any atom is 0.149 e. The normalized spacial score (nSPS) is 16.6. The van der Waals surface area contributed by atoms with Crippen molar-refractivity contribution in [3.05, 3.63) is 65.1 Å². The molecule has 0 saturated carbocycles. The molecule has 182 valence electrons. The minimum absolute atomic E-state index is 0.275.